The molecule has 1 aromatic heterocycles. The molecule has 2 rings (SSSR count). The van der Waals surface area contributed by atoms with Crippen molar-refractivity contribution in [3.63, 3.8) is 0 Å². The number of nitrogens with one attached hydrogen (secondary N) is 1. The van der Waals surface area contributed by atoms with E-state index in [9.17, 15) is 0 Å². The average molecular weight is 326 g/mol. The number of halogens is 1. The fourth-order valence-corrected chi connectivity index (χ4v) is 3.78. The number of hydrogen-bond donors (Lipinski definition) is 1. The molecule has 18 heavy (non-hydrogen) atoms. The second kappa shape index (κ2) is 6.18. The molecule has 0 spiro atoms. The molecular weight excluding hydrogens is 306 g/mol. The van der Waals surface area contributed by atoms with E-state index in [2.05, 4.69) is 60.2 Å². The first kappa shape index (κ1) is 14.0. The Hall–Kier alpha value is -0.380. The molecule has 0 aliphatic carbocycles. The molecule has 2 aromatic rings. The predicted molar refractivity (Wildman–Crippen MR) is 85.4 cm³/mol. The Morgan fingerprint density at radius 1 is 1.33 bits per heavy atom. The number of fused-ring (bicyclic) bond motifs is 1. The number of aryl methyl sites for hydroxylation is 1. The van der Waals surface area contributed by atoms with Gasteiger partial charge in [0.05, 0.1) is 0 Å². The number of hydrogen-bond acceptors (Lipinski definition) is 2. The lowest BCUT2D eigenvalue weighted by atomic mass is 10.1. The van der Waals surface area contributed by atoms with Crippen LogP contribution in [-0.2, 0) is 13.0 Å². The van der Waals surface area contributed by atoms with Crippen molar-refractivity contribution in [3.05, 3.63) is 33.1 Å². The molecule has 1 heterocycles. The van der Waals surface area contributed by atoms with Crippen LogP contribution in [0, 0.1) is 5.92 Å². The predicted octanol–water partition coefficient (Wildman–Crippen LogP) is 4.97. The third-order valence-electron chi connectivity index (χ3n) is 3.03. The van der Waals surface area contributed by atoms with Crippen molar-refractivity contribution in [3.8, 4) is 0 Å². The van der Waals surface area contributed by atoms with E-state index in [1.807, 2.05) is 11.3 Å². The Kier molecular flexibility index (Phi) is 4.82. The maximum absolute atomic E-state index is 3.57. The van der Waals surface area contributed by atoms with Gasteiger partial charge in [-0.05, 0) is 48.0 Å². The molecule has 0 saturated carbocycles. The molecule has 0 saturated heterocycles. The minimum atomic E-state index is 0.707. The highest BCUT2D eigenvalue weighted by molar-refractivity contribution is 9.10. The number of thiophene rings is 1. The van der Waals surface area contributed by atoms with Gasteiger partial charge in [-0.15, -0.1) is 11.3 Å². The van der Waals surface area contributed by atoms with Gasteiger partial charge >= 0.3 is 0 Å². The van der Waals surface area contributed by atoms with Crippen molar-refractivity contribution >= 4 is 37.4 Å². The first-order valence-electron chi connectivity index (χ1n) is 6.52. The van der Waals surface area contributed by atoms with Crippen LogP contribution >= 0.6 is 27.3 Å². The Balaban J connectivity index is 2.27. The van der Waals surface area contributed by atoms with E-state index < -0.39 is 0 Å². The summed E-state index contributed by atoms with van der Waals surface area (Å²) in [5, 5.41) is 4.97. The van der Waals surface area contributed by atoms with Gasteiger partial charge in [0, 0.05) is 20.6 Å². The van der Waals surface area contributed by atoms with Crippen LogP contribution in [0.25, 0.3) is 10.1 Å². The second-order valence-electron chi connectivity index (χ2n) is 5.02. The topological polar surface area (TPSA) is 12.0 Å². The normalized spacial score (nSPS) is 11.6. The standard InChI is InChI=1S/C15H20BrNS/c1-4-12-13-7-11(16)5-6-14(13)18-15(12)9-17-8-10(2)3/h5-7,10,17H,4,8-9H2,1-3H3. The van der Waals surface area contributed by atoms with Gasteiger partial charge in [0.1, 0.15) is 0 Å². The minimum Gasteiger partial charge on any atom is -0.312 e. The van der Waals surface area contributed by atoms with Crippen molar-refractivity contribution in [1.82, 2.24) is 5.32 Å². The highest BCUT2D eigenvalue weighted by Gasteiger charge is 2.10. The van der Waals surface area contributed by atoms with Crippen LogP contribution in [0.2, 0.25) is 0 Å². The quantitative estimate of drug-likeness (QED) is 0.818. The van der Waals surface area contributed by atoms with Gasteiger partial charge in [-0.2, -0.15) is 0 Å². The molecule has 1 nitrogen and oxygen atoms in total. The lowest BCUT2D eigenvalue weighted by molar-refractivity contribution is 0.554. The van der Waals surface area contributed by atoms with Crippen LogP contribution in [0.15, 0.2) is 22.7 Å². The minimum absolute atomic E-state index is 0.707. The molecule has 0 aliphatic rings. The fraction of sp³-hybridized carbons (Fsp3) is 0.467. The van der Waals surface area contributed by atoms with Crippen LogP contribution in [0.3, 0.4) is 0 Å². The summed E-state index contributed by atoms with van der Waals surface area (Å²) in [7, 11) is 0. The van der Waals surface area contributed by atoms with Crippen LogP contribution in [0.1, 0.15) is 31.2 Å². The van der Waals surface area contributed by atoms with Crippen molar-refractivity contribution in [2.75, 3.05) is 6.54 Å². The zero-order valence-electron chi connectivity index (χ0n) is 11.2. The summed E-state index contributed by atoms with van der Waals surface area (Å²) < 4.78 is 2.57. The summed E-state index contributed by atoms with van der Waals surface area (Å²) in [4.78, 5) is 1.49. The SMILES string of the molecule is CCc1c(CNCC(C)C)sc2ccc(Br)cc12. The molecule has 0 aliphatic heterocycles. The molecule has 1 N–H and O–H groups in total. The molecule has 1 aromatic carbocycles. The Bertz CT molecular complexity index is 531. The van der Waals surface area contributed by atoms with Crippen LogP contribution in [0.4, 0.5) is 0 Å². The third kappa shape index (κ3) is 3.14. The lowest BCUT2D eigenvalue weighted by Crippen LogP contribution is -2.18. The van der Waals surface area contributed by atoms with Gasteiger partial charge in [0.15, 0.2) is 0 Å². The summed E-state index contributed by atoms with van der Waals surface area (Å²) >= 11 is 5.49. The zero-order valence-corrected chi connectivity index (χ0v) is 13.6. The highest BCUT2D eigenvalue weighted by Crippen LogP contribution is 2.33. The maximum Gasteiger partial charge on any atom is 0.0349 e. The first-order chi connectivity index (χ1) is 8.61. The number of benzene rings is 1. The van der Waals surface area contributed by atoms with Crippen molar-refractivity contribution in [1.29, 1.82) is 0 Å². The van der Waals surface area contributed by atoms with Crippen LogP contribution < -0.4 is 5.32 Å². The number of rotatable bonds is 5. The monoisotopic (exact) mass is 325 g/mol. The largest absolute Gasteiger partial charge is 0.312 e. The van der Waals surface area contributed by atoms with E-state index in [0.717, 1.165) is 19.5 Å². The van der Waals surface area contributed by atoms with E-state index >= 15 is 0 Å². The van der Waals surface area contributed by atoms with E-state index in [1.54, 1.807) is 0 Å². The molecule has 0 atom stereocenters. The van der Waals surface area contributed by atoms with Gasteiger partial charge in [-0.1, -0.05) is 36.7 Å². The summed E-state index contributed by atoms with van der Waals surface area (Å²) in [6.45, 7) is 8.82. The van der Waals surface area contributed by atoms with E-state index in [1.165, 1.54) is 25.0 Å². The maximum atomic E-state index is 3.57. The molecule has 0 amide bonds. The average Bonchev–Trinajstić information content (AvgIpc) is 2.65. The highest BCUT2D eigenvalue weighted by atomic mass is 79.9. The van der Waals surface area contributed by atoms with Crippen molar-refractivity contribution in [2.45, 2.75) is 33.7 Å². The molecule has 0 radical (unpaired) electrons. The van der Waals surface area contributed by atoms with Gasteiger partial charge in [0.2, 0.25) is 0 Å². The van der Waals surface area contributed by atoms with Crippen LogP contribution in [0.5, 0.6) is 0 Å². The summed E-state index contributed by atoms with van der Waals surface area (Å²) in [6, 6.07) is 6.59. The van der Waals surface area contributed by atoms with Gasteiger partial charge < -0.3 is 5.32 Å². The van der Waals surface area contributed by atoms with Gasteiger partial charge in [-0.3, -0.25) is 0 Å². The summed E-state index contributed by atoms with van der Waals surface area (Å²) in [6.07, 6.45) is 1.11. The molecule has 0 bridgehead atoms. The van der Waals surface area contributed by atoms with Crippen LogP contribution in [-0.4, -0.2) is 6.54 Å². The Labute approximate surface area is 122 Å². The molecule has 3 heteroatoms. The molecular formula is C15H20BrNS. The van der Waals surface area contributed by atoms with Gasteiger partial charge in [-0.25, -0.2) is 0 Å². The first-order valence-corrected chi connectivity index (χ1v) is 8.13. The van der Waals surface area contributed by atoms with Crippen molar-refractivity contribution < 1.29 is 0 Å². The summed E-state index contributed by atoms with van der Waals surface area (Å²) in [5.41, 5.74) is 1.51. The van der Waals surface area contributed by atoms with E-state index in [-0.39, 0.29) is 0 Å². The molecule has 0 unspecified atom stereocenters. The molecule has 0 fully saturated rings. The second-order valence-corrected chi connectivity index (χ2v) is 7.07. The lowest BCUT2D eigenvalue weighted by Gasteiger charge is -2.07. The summed E-state index contributed by atoms with van der Waals surface area (Å²) in [5.74, 6) is 0.707. The Morgan fingerprint density at radius 2 is 2.11 bits per heavy atom. The smallest absolute Gasteiger partial charge is 0.0349 e. The fourth-order valence-electron chi connectivity index (χ4n) is 2.18. The zero-order chi connectivity index (χ0) is 13.1. The van der Waals surface area contributed by atoms with E-state index in [4.69, 9.17) is 0 Å². The van der Waals surface area contributed by atoms with E-state index in [0.29, 0.717) is 5.92 Å². The third-order valence-corrected chi connectivity index (χ3v) is 4.73. The van der Waals surface area contributed by atoms with Crippen molar-refractivity contribution in [2.24, 2.45) is 5.92 Å². The Morgan fingerprint density at radius 3 is 2.78 bits per heavy atom. The molecule has 98 valence electrons. The van der Waals surface area contributed by atoms with Gasteiger partial charge in [0.25, 0.3) is 0 Å².